The monoisotopic (exact) mass is 287 g/mol. The fourth-order valence-electron chi connectivity index (χ4n) is 2.46. The maximum absolute atomic E-state index is 12.3. The van der Waals surface area contributed by atoms with Crippen LogP contribution in [-0.2, 0) is 0 Å². The number of hydrogen-bond donors (Lipinski definition) is 2. The molecule has 0 radical (unpaired) electrons. The quantitative estimate of drug-likeness (QED) is 0.890. The second-order valence-electron chi connectivity index (χ2n) is 5.00. The Kier molecular flexibility index (Phi) is 3.78. The van der Waals surface area contributed by atoms with Crippen molar-refractivity contribution < 1.29 is 4.79 Å². The number of aromatic nitrogens is 1. The summed E-state index contributed by atoms with van der Waals surface area (Å²) in [5, 5.41) is 4.88. The number of nitrogens with zero attached hydrogens (tertiary/aromatic N) is 1. The molecule has 1 aromatic carbocycles. The fourth-order valence-corrected chi connectivity index (χ4v) is 3.53. The highest BCUT2D eigenvalue weighted by Gasteiger charge is 2.18. The zero-order valence-corrected chi connectivity index (χ0v) is 12.0. The van der Waals surface area contributed by atoms with Gasteiger partial charge in [-0.3, -0.25) is 4.79 Å². The van der Waals surface area contributed by atoms with Crippen molar-refractivity contribution in [3.8, 4) is 0 Å². The molecule has 104 valence electrons. The summed E-state index contributed by atoms with van der Waals surface area (Å²) in [7, 11) is 0. The van der Waals surface area contributed by atoms with Crippen molar-refractivity contribution in [3.63, 3.8) is 0 Å². The minimum Gasteiger partial charge on any atom is -0.383 e. The second kappa shape index (κ2) is 5.71. The Morgan fingerprint density at radius 3 is 3.05 bits per heavy atom. The highest BCUT2D eigenvalue weighted by molar-refractivity contribution is 7.99. The number of nitrogens with two attached hydrogens (primary N) is 1. The predicted molar refractivity (Wildman–Crippen MR) is 84.0 cm³/mol. The van der Waals surface area contributed by atoms with Gasteiger partial charge in [-0.2, -0.15) is 11.8 Å². The van der Waals surface area contributed by atoms with Gasteiger partial charge in [0.1, 0.15) is 11.5 Å². The Morgan fingerprint density at radius 2 is 2.25 bits per heavy atom. The molecule has 1 aromatic heterocycles. The summed E-state index contributed by atoms with van der Waals surface area (Å²) in [5.41, 5.74) is 6.33. The predicted octanol–water partition coefficient (Wildman–Crippen LogP) is 2.44. The lowest BCUT2D eigenvalue weighted by Crippen LogP contribution is -2.38. The summed E-state index contributed by atoms with van der Waals surface area (Å²) in [6, 6.07) is 9.76. The molecule has 0 aliphatic carbocycles. The van der Waals surface area contributed by atoms with Gasteiger partial charge in [-0.05, 0) is 30.0 Å². The van der Waals surface area contributed by atoms with Gasteiger partial charge < -0.3 is 11.1 Å². The number of anilines is 1. The van der Waals surface area contributed by atoms with E-state index in [9.17, 15) is 4.79 Å². The van der Waals surface area contributed by atoms with Gasteiger partial charge in [-0.1, -0.05) is 24.3 Å². The fraction of sp³-hybridized carbons (Fsp3) is 0.333. The summed E-state index contributed by atoms with van der Waals surface area (Å²) >= 11 is 1.89. The molecule has 3 rings (SSSR count). The molecule has 1 amide bonds. The highest BCUT2D eigenvalue weighted by atomic mass is 32.2. The number of thioether (sulfide) groups is 1. The lowest BCUT2D eigenvalue weighted by Gasteiger charge is -2.22. The number of amides is 1. The molecule has 4 nitrogen and oxygen atoms in total. The molecule has 0 saturated carbocycles. The highest BCUT2D eigenvalue weighted by Crippen LogP contribution is 2.21. The van der Waals surface area contributed by atoms with E-state index in [0.29, 0.717) is 11.5 Å². The van der Waals surface area contributed by atoms with E-state index in [4.69, 9.17) is 5.73 Å². The van der Waals surface area contributed by atoms with Crippen LogP contribution in [0.1, 0.15) is 23.3 Å². The summed E-state index contributed by atoms with van der Waals surface area (Å²) in [4.78, 5) is 16.5. The zero-order valence-electron chi connectivity index (χ0n) is 11.1. The van der Waals surface area contributed by atoms with E-state index in [2.05, 4.69) is 10.3 Å². The maximum atomic E-state index is 12.3. The first-order valence-corrected chi connectivity index (χ1v) is 7.93. The van der Waals surface area contributed by atoms with Gasteiger partial charge >= 0.3 is 0 Å². The van der Waals surface area contributed by atoms with E-state index < -0.39 is 0 Å². The van der Waals surface area contributed by atoms with E-state index in [1.807, 2.05) is 36.0 Å². The van der Waals surface area contributed by atoms with E-state index in [1.165, 1.54) is 5.75 Å². The van der Waals surface area contributed by atoms with Gasteiger partial charge in [0.2, 0.25) is 0 Å². The van der Waals surface area contributed by atoms with Gasteiger partial charge in [0.05, 0.1) is 0 Å². The number of carbonyl (C=O) groups is 1. The Balaban J connectivity index is 1.84. The van der Waals surface area contributed by atoms with Crippen LogP contribution >= 0.6 is 11.8 Å². The molecular weight excluding hydrogens is 270 g/mol. The van der Waals surface area contributed by atoms with Crippen molar-refractivity contribution in [2.45, 2.75) is 18.9 Å². The Hall–Kier alpha value is -1.75. The molecule has 1 atom stereocenters. The SMILES string of the molecule is Nc1nc(C(=O)NC2CCCSC2)cc2ccccc12. The van der Waals surface area contributed by atoms with Gasteiger partial charge in [-0.25, -0.2) is 4.98 Å². The van der Waals surface area contributed by atoms with Gasteiger partial charge in [0.15, 0.2) is 0 Å². The van der Waals surface area contributed by atoms with E-state index in [1.54, 1.807) is 6.07 Å². The van der Waals surface area contributed by atoms with Crippen LogP contribution in [0.3, 0.4) is 0 Å². The van der Waals surface area contributed by atoms with Crippen LogP contribution in [-0.4, -0.2) is 28.4 Å². The number of fused-ring (bicyclic) bond motifs is 1. The van der Waals surface area contributed by atoms with Crippen LogP contribution in [0.5, 0.6) is 0 Å². The molecular formula is C15H17N3OS. The third-order valence-corrected chi connectivity index (χ3v) is 4.71. The van der Waals surface area contributed by atoms with E-state index >= 15 is 0 Å². The second-order valence-corrected chi connectivity index (χ2v) is 6.15. The smallest absolute Gasteiger partial charge is 0.270 e. The molecule has 20 heavy (non-hydrogen) atoms. The molecule has 2 heterocycles. The largest absolute Gasteiger partial charge is 0.383 e. The van der Waals surface area contributed by atoms with Gasteiger partial charge in [0, 0.05) is 17.2 Å². The molecule has 5 heteroatoms. The van der Waals surface area contributed by atoms with Crippen LogP contribution < -0.4 is 11.1 Å². The average Bonchev–Trinajstić information content (AvgIpc) is 2.48. The van der Waals surface area contributed by atoms with E-state index in [-0.39, 0.29) is 11.9 Å². The van der Waals surface area contributed by atoms with Crippen LogP contribution in [0.2, 0.25) is 0 Å². The first kappa shape index (κ1) is 13.2. The topological polar surface area (TPSA) is 68.0 Å². The summed E-state index contributed by atoms with van der Waals surface area (Å²) in [6.45, 7) is 0. The molecule has 1 fully saturated rings. The minimum atomic E-state index is -0.130. The molecule has 1 unspecified atom stereocenters. The first-order chi connectivity index (χ1) is 9.74. The molecule has 1 aliphatic rings. The van der Waals surface area contributed by atoms with Gasteiger partial charge in [0.25, 0.3) is 5.91 Å². The van der Waals surface area contributed by atoms with Gasteiger partial charge in [-0.15, -0.1) is 0 Å². The van der Waals surface area contributed by atoms with E-state index in [0.717, 1.165) is 29.4 Å². The molecule has 3 N–H and O–H groups in total. The van der Waals surface area contributed by atoms with Crippen molar-refractivity contribution >= 4 is 34.3 Å². The summed E-state index contributed by atoms with van der Waals surface area (Å²) < 4.78 is 0. The number of carbonyl (C=O) groups excluding carboxylic acids is 1. The summed E-state index contributed by atoms with van der Waals surface area (Å²) in [5.74, 6) is 2.45. The minimum absolute atomic E-state index is 0.130. The normalized spacial score (nSPS) is 18.9. The van der Waals surface area contributed by atoms with Crippen molar-refractivity contribution in [2.75, 3.05) is 17.2 Å². The number of nitrogens with one attached hydrogen (secondary N) is 1. The molecule has 0 spiro atoms. The standard InChI is InChI=1S/C15H17N3OS/c16-14-12-6-2-1-4-10(12)8-13(18-14)15(19)17-11-5-3-7-20-9-11/h1-2,4,6,8,11H,3,5,7,9H2,(H2,16,18)(H,17,19). The molecule has 0 bridgehead atoms. The molecule has 1 aliphatic heterocycles. The number of pyridine rings is 1. The Labute approximate surface area is 122 Å². The van der Waals surface area contributed by atoms with Crippen LogP contribution in [0, 0.1) is 0 Å². The number of rotatable bonds is 2. The van der Waals surface area contributed by atoms with Crippen LogP contribution in [0.25, 0.3) is 10.8 Å². The lowest BCUT2D eigenvalue weighted by atomic mass is 10.1. The van der Waals surface area contributed by atoms with Crippen molar-refractivity contribution in [1.29, 1.82) is 0 Å². The zero-order chi connectivity index (χ0) is 13.9. The third kappa shape index (κ3) is 2.72. The number of nitrogen functional groups attached to an aromatic ring is 1. The summed E-state index contributed by atoms with van der Waals surface area (Å²) in [6.07, 6.45) is 2.20. The van der Waals surface area contributed by atoms with Crippen LogP contribution in [0.4, 0.5) is 5.82 Å². The van der Waals surface area contributed by atoms with Crippen molar-refractivity contribution in [3.05, 3.63) is 36.0 Å². The van der Waals surface area contributed by atoms with Crippen molar-refractivity contribution in [1.82, 2.24) is 10.3 Å². The maximum Gasteiger partial charge on any atom is 0.270 e. The average molecular weight is 287 g/mol. The molecule has 2 aromatic rings. The first-order valence-electron chi connectivity index (χ1n) is 6.78. The van der Waals surface area contributed by atoms with Crippen LogP contribution in [0.15, 0.2) is 30.3 Å². The number of hydrogen-bond acceptors (Lipinski definition) is 4. The Morgan fingerprint density at radius 1 is 1.40 bits per heavy atom. The molecule has 1 saturated heterocycles. The lowest BCUT2D eigenvalue weighted by molar-refractivity contribution is 0.0934. The Bertz CT molecular complexity index is 638. The number of benzene rings is 1. The third-order valence-electron chi connectivity index (χ3n) is 3.50. The van der Waals surface area contributed by atoms with Crippen molar-refractivity contribution in [2.24, 2.45) is 0 Å².